The first kappa shape index (κ1) is 25.4. The van der Waals surface area contributed by atoms with E-state index in [0.717, 1.165) is 24.2 Å². The van der Waals surface area contributed by atoms with E-state index in [2.05, 4.69) is 59.0 Å². The van der Waals surface area contributed by atoms with Crippen molar-refractivity contribution in [2.75, 3.05) is 5.32 Å². The molecule has 0 saturated heterocycles. The molecule has 5 nitrogen and oxygen atoms in total. The van der Waals surface area contributed by atoms with Crippen LogP contribution in [0.3, 0.4) is 0 Å². The van der Waals surface area contributed by atoms with E-state index >= 15 is 0 Å². The lowest BCUT2D eigenvalue weighted by Gasteiger charge is -2.31. The number of primary amides is 1. The maximum Gasteiger partial charge on any atom is 0.265 e. The summed E-state index contributed by atoms with van der Waals surface area (Å²) in [6.45, 7) is 15.2. The SMILES string of the molecule is CCC(Oc1ccc(C(C)(C)CC)cc1C(C)(C)CC)C(=O)Nc1ccc(C(N)=O)cc1. The third-order valence-electron chi connectivity index (χ3n) is 6.63. The highest BCUT2D eigenvalue weighted by molar-refractivity contribution is 5.96. The number of amides is 2. The largest absolute Gasteiger partial charge is 0.480 e. The summed E-state index contributed by atoms with van der Waals surface area (Å²) in [6.07, 6.45) is 1.88. The number of carbonyl (C=O) groups excluding carboxylic acids is 2. The van der Waals surface area contributed by atoms with Gasteiger partial charge in [0, 0.05) is 16.8 Å². The van der Waals surface area contributed by atoms with Crippen molar-refractivity contribution >= 4 is 17.5 Å². The first-order valence-corrected chi connectivity index (χ1v) is 11.5. The molecule has 2 aromatic carbocycles. The standard InChI is InChI=1S/C27H38N2O3/c1-8-22(25(31)29-20-14-11-18(12-15-20)24(28)30)32-23-16-13-19(26(4,5)9-2)17-21(23)27(6,7)10-3/h11-17,22H,8-10H2,1-7H3,(H2,28,30)(H,29,31). The van der Waals surface area contributed by atoms with E-state index < -0.39 is 12.0 Å². The molecule has 2 aromatic rings. The molecule has 0 aliphatic rings. The van der Waals surface area contributed by atoms with E-state index in [4.69, 9.17) is 10.5 Å². The highest BCUT2D eigenvalue weighted by Gasteiger charge is 2.28. The third-order valence-corrected chi connectivity index (χ3v) is 6.63. The van der Waals surface area contributed by atoms with Gasteiger partial charge < -0.3 is 15.8 Å². The van der Waals surface area contributed by atoms with Crippen LogP contribution in [0.5, 0.6) is 5.75 Å². The summed E-state index contributed by atoms with van der Waals surface area (Å²) < 4.78 is 6.29. The minimum atomic E-state index is -0.637. The summed E-state index contributed by atoms with van der Waals surface area (Å²) in [7, 11) is 0. The zero-order valence-electron chi connectivity index (χ0n) is 20.5. The lowest BCUT2D eigenvalue weighted by Crippen LogP contribution is -2.33. The van der Waals surface area contributed by atoms with Crippen molar-refractivity contribution in [1.29, 1.82) is 0 Å². The highest BCUT2D eigenvalue weighted by atomic mass is 16.5. The molecular formula is C27H38N2O3. The molecule has 1 atom stereocenters. The fourth-order valence-corrected chi connectivity index (χ4v) is 3.39. The first-order valence-electron chi connectivity index (χ1n) is 11.5. The van der Waals surface area contributed by atoms with Gasteiger partial charge in [-0.2, -0.15) is 0 Å². The Kier molecular flexibility index (Phi) is 8.11. The van der Waals surface area contributed by atoms with E-state index in [1.807, 2.05) is 13.0 Å². The molecule has 174 valence electrons. The van der Waals surface area contributed by atoms with Crippen LogP contribution in [-0.4, -0.2) is 17.9 Å². The Morgan fingerprint density at radius 1 is 0.938 bits per heavy atom. The molecule has 1 unspecified atom stereocenters. The Bertz CT molecular complexity index is 946. The molecule has 0 saturated carbocycles. The summed E-state index contributed by atoms with van der Waals surface area (Å²) in [5.41, 5.74) is 8.64. The van der Waals surface area contributed by atoms with E-state index in [0.29, 0.717) is 17.7 Å². The van der Waals surface area contributed by atoms with Crippen LogP contribution in [0.15, 0.2) is 42.5 Å². The Hall–Kier alpha value is -2.82. The molecule has 0 heterocycles. The lowest BCUT2D eigenvalue weighted by atomic mass is 9.76. The molecule has 0 radical (unpaired) electrons. The van der Waals surface area contributed by atoms with Crippen LogP contribution in [0.2, 0.25) is 0 Å². The fourth-order valence-electron chi connectivity index (χ4n) is 3.39. The quantitative estimate of drug-likeness (QED) is 0.480. The van der Waals surface area contributed by atoms with Crippen molar-refractivity contribution in [3.05, 3.63) is 59.2 Å². The average Bonchev–Trinajstić information content (AvgIpc) is 2.77. The minimum Gasteiger partial charge on any atom is -0.480 e. The molecule has 32 heavy (non-hydrogen) atoms. The van der Waals surface area contributed by atoms with Gasteiger partial charge in [0.05, 0.1) is 0 Å². The normalized spacial score (nSPS) is 12.8. The number of benzene rings is 2. The molecule has 0 aromatic heterocycles. The zero-order chi connectivity index (χ0) is 24.1. The van der Waals surface area contributed by atoms with Crippen LogP contribution < -0.4 is 15.8 Å². The van der Waals surface area contributed by atoms with Gasteiger partial charge in [-0.3, -0.25) is 9.59 Å². The molecule has 2 rings (SSSR count). The van der Waals surface area contributed by atoms with E-state index in [1.165, 1.54) is 5.56 Å². The number of nitrogens with two attached hydrogens (primary N) is 1. The van der Waals surface area contributed by atoms with E-state index in [-0.39, 0.29) is 16.7 Å². The second kappa shape index (κ2) is 10.2. The Morgan fingerprint density at radius 3 is 2.03 bits per heavy atom. The average molecular weight is 439 g/mol. The third kappa shape index (κ3) is 5.90. The number of hydrogen-bond acceptors (Lipinski definition) is 3. The van der Waals surface area contributed by atoms with Gasteiger partial charge in [-0.25, -0.2) is 0 Å². The molecule has 0 fully saturated rings. The monoisotopic (exact) mass is 438 g/mol. The Morgan fingerprint density at radius 2 is 1.53 bits per heavy atom. The topological polar surface area (TPSA) is 81.4 Å². The van der Waals surface area contributed by atoms with Crippen LogP contribution in [0.4, 0.5) is 5.69 Å². The van der Waals surface area contributed by atoms with E-state index in [9.17, 15) is 9.59 Å². The second-order valence-electron chi connectivity index (χ2n) is 9.63. The van der Waals surface area contributed by atoms with Crippen molar-refractivity contribution < 1.29 is 14.3 Å². The Balaban J connectivity index is 2.31. The Labute approximate surface area is 192 Å². The van der Waals surface area contributed by atoms with Crippen LogP contribution in [0.1, 0.15) is 89.2 Å². The summed E-state index contributed by atoms with van der Waals surface area (Å²) in [6, 6.07) is 12.9. The van der Waals surface area contributed by atoms with Crippen molar-refractivity contribution in [2.24, 2.45) is 5.73 Å². The van der Waals surface area contributed by atoms with Gasteiger partial charge in [-0.15, -0.1) is 0 Å². The molecule has 0 aliphatic heterocycles. The minimum absolute atomic E-state index is 0.0652. The van der Waals surface area contributed by atoms with Crippen molar-refractivity contribution in [3.63, 3.8) is 0 Å². The maximum absolute atomic E-state index is 12.9. The van der Waals surface area contributed by atoms with Crippen molar-refractivity contribution in [3.8, 4) is 5.75 Å². The molecule has 0 bridgehead atoms. The van der Waals surface area contributed by atoms with Gasteiger partial charge in [-0.1, -0.05) is 60.6 Å². The fraction of sp³-hybridized carbons (Fsp3) is 0.481. The van der Waals surface area contributed by atoms with E-state index in [1.54, 1.807) is 24.3 Å². The van der Waals surface area contributed by atoms with Gasteiger partial charge in [0.15, 0.2) is 6.10 Å². The summed E-state index contributed by atoms with van der Waals surface area (Å²) >= 11 is 0. The number of rotatable bonds is 10. The summed E-state index contributed by atoms with van der Waals surface area (Å²) in [5.74, 6) is 0.0227. The number of anilines is 1. The lowest BCUT2D eigenvalue weighted by molar-refractivity contribution is -0.122. The first-order chi connectivity index (χ1) is 14.9. The molecule has 0 aliphatic carbocycles. The predicted octanol–water partition coefficient (Wildman–Crippen LogP) is 5.96. The molecule has 5 heteroatoms. The summed E-state index contributed by atoms with van der Waals surface area (Å²) in [4.78, 5) is 24.2. The van der Waals surface area contributed by atoms with Crippen molar-refractivity contribution in [1.82, 2.24) is 0 Å². The van der Waals surface area contributed by atoms with Crippen LogP contribution in [-0.2, 0) is 15.6 Å². The van der Waals surface area contributed by atoms with Crippen molar-refractivity contribution in [2.45, 2.75) is 84.7 Å². The maximum atomic E-state index is 12.9. The molecule has 3 N–H and O–H groups in total. The number of ether oxygens (including phenoxy) is 1. The molecular weight excluding hydrogens is 400 g/mol. The predicted molar refractivity (Wildman–Crippen MR) is 131 cm³/mol. The number of carbonyl (C=O) groups is 2. The highest BCUT2D eigenvalue weighted by Crippen LogP contribution is 2.39. The number of hydrogen-bond donors (Lipinski definition) is 2. The number of nitrogens with one attached hydrogen (secondary N) is 1. The van der Waals surface area contributed by atoms with Crippen LogP contribution in [0, 0.1) is 0 Å². The molecule has 0 spiro atoms. The van der Waals surface area contributed by atoms with Gasteiger partial charge >= 0.3 is 0 Å². The zero-order valence-corrected chi connectivity index (χ0v) is 20.5. The van der Waals surface area contributed by atoms with Crippen LogP contribution in [0.25, 0.3) is 0 Å². The van der Waals surface area contributed by atoms with Gasteiger partial charge in [-0.05, 0) is 66.0 Å². The smallest absolute Gasteiger partial charge is 0.265 e. The van der Waals surface area contributed by atoms with Gasteiger partial charge in [0.2, 0.25) is 5.91 Å². The van der Waals surface area contributed by atoms with Gasteiger partial charge in [0.25, 0.3) is 5.91 Å². The molecule has 2 amide bonds. The van der Waals surface area contributed by atoms with Crippen LogP contribution >= 0.6 is 0 Å². The summed E-state index contributed by atoms with van der Waals surface area (Å²) in [5, 5.41) is 2.88. The second-order valence-corrected chi connectivity index (χ2v) is 9.63. The van der Waals surface area contributed by atoms with Gasteiger partial charge in [0.1, 0.15) is 5.75 Å².